The minimum atomic E-state index is -3.46. The summed E-state index contributed by atoms with van der Waals surface area (Å²) in [4.78, 5) is 0.259. The van der Waals surface area contributed by atoms with Crippen LogP contribution >= 0.6 is 12.4 Å². The molecule has 1 fully saturated rings. The van der Waals surface area contributed by atoms with Crippen LogP contribution in [0, 0.1) is 12.8 Å². The molecule has 0 bridgehead atoms. The summed E-state index contributed by atoms with van der Waals surface area (Å²) in [6.45, 7) is 2.21. The summed E-state index contributed by atoms with van der Waals surface area (Å²) in [6, 6.07) is 0.211. The van der Waals surface area contributed by atoms with Crippen molar-refractivity contribution in [2.75, 3.05) is 6.54 Å². The predicted octanol–water partition coefficient (Wildman–Crippen LogP) is 0.946. The van der Waals surface area contributed by atoms with Crippen LogP contribution in [0.5, 0.6) is 0 Å². The minimum absolute atomic E-state index is 0. The average Bonchev–Trinajstić information content (AvgIpc) is 2.68. The maximum atomic E-state index is 12.2. The molecule has 1 aliphatic carbocycles. The molecule has 0 radical (unpaired) electrons. The molecule has 1 heterocycles. The van der Waals surface area contributed by atoms with Crippen LogP contribution in [0.15, 0.2) is 11.1 Å². The highest BCUT2D eigenvalue weighted by Gasteiger charge is 2.24. The van der Waals surface area contributed by atoms with Gasteiger partial charge in [0.1, 0.15) is 4.90 Å². The summed E-state index contributed by atoms with van der Waals surface area (Å²) >= 11 is 0. The minimum Gasteiger partial charge on any atom is -0.328 e. The molecule has 2 atom stereocenters. The topological polar surface area (TPSA) is 90.0 Å². The number of sulfonamides is 1. The van der Waals surface area contributed by atoms with Crippen molar-refractivity contribution in [2.45, 2.75) is 43.5 Å². The molecule has 0 aliphatic heterocycles. The number of rotatable bonds is 4. The lowest BCUT2D eigenvalue weighted by atomic mass is 9.86. The van der Waals surface area contributed by atoms with Crippen molar-refractivity contribution in [2.24, 2.45) is 18.7 Å². The zero-order valence-corrected chi connectivity index (χ0v) is 13.5. The van der Waals surface area contributed by atoms with Crippen molar-refractivity contribution in [3.05, 3.63) is 11.9 Å². The van der Waals surface area contributed by atoms with E-state index < -0.39 is 10.0 Å². The van der Waals surface area contributed by atoms with Gasteiger partial charge in [0.05, 0.1) is 11.9 Å². The van der Waals surface area contributed by atoms with E-state index in [4.69, 9.17) is 5.73 Å². The van der Waals surface area contributed by atoms with E-state index in [9.17, 15) is 8.42 Å². The number of aromatic nitrogens is 2. The van der Waals surface area contributed by atoms with Gasteiger partial charge in [-0.15, -0.1) is 12.4 Å². The van der Waals surface area contributed by atoms with E-state index in [2.05, 4.69) is 9.82 Å². The summed E-state index contributed by atoms with van der Waals surface area (Å²) in [6.07, 6.45) is 5.46. The lowest BCUT2D eigenvalue weighted by Gasteiger charge is -2.26. The van der Waals surface area contributed by atoms with Crippen molar-refractivity contribution < 1.29 is 8.42 Å². The zero-order chi connectivity index (χ0) is 14.0. The van der Waals surface area contributed by atoms with Gasteiger partial charge in [-0.2, -0.15) is 5.10 Å². The third-order valence-electron chi connectivity index (χ3n) is 3.87. The molecule has 0 aromatic carbocycles. The maximum Gasteiger partial charge on any atom is 0.243 e. The van der Waals surface area contributed by atoms with E-state index in [0.717, 1.165) is 25.7 Å². The average molecular weight is 323 g/mol. The van der Waals surface area contributed by atoms with Crippen LogP contribution in [0.1, 0.15) is 31.4 Å². The molecule has 6 nitrogen and oxygen atoms in total. The lowest BCUT2D eigenvalue weighted by molar-refractivity contribution is 0.322. The molecule has 0 spiro atoms. The van der Waals surface area contributed by atoms with Crippen molar-refractivity contribution in [3.8, 4) is 0 Å². The predicted molar refractivity (Wildman–Crippen MR) is 80.3 cm³/mol. The summed E-state index contributed by atoms with van der Waals surface area (Å²) in [5, 5.41) is 3.97. The molecular weight excluding hydrogens is 300 g/mol. The quantitative estimate of drug-likeness (QED) is 0.863. The number of hydrogen-bond acceptors (Lipinski definition) is 4. The summed E-state index contributed by atoms with van der Waals surface area (Å²) < 4.78 is 28.6. The molecule has 0 saturated heterocycles. The Labute approximate surface area is 126 Å². The van der Waals surface area contributed by atoms with E-state index in [-0.39, 0.29) is 23.3 Å². The van der Waals surface area contributed by atoms with Crippen LogP contribution < -0.4 is 10.5 Å². The highest BCUT2D eigenvalue weighted by atomic mass is 35.5. The first-order valence-corrected chi connectivity index (χ1v) is 8.12. The van der Waals surface area contributed by atoms with Gasteiger partial charge >= 0.3 is 0 Å². The van der Waals surface area contributed by atoms with Gasteiger partial charge in [0.2, 0.25) is 10.0 Å². The number of halogens is 1. The van der Waals surface area contributed by atoms with E-state index in [1.165, 1.54) is 6.20 Å². The number of nitrogens with zero attached hydrogens (tertiary/aromatic N) is 2. The normalized spacial score (nSPS) is 23.4. The molecule has 20 heavy (non-hydrogen) atoms. The summed E-state index contributed by atoms with van der Waals surface area (Å²) in [5.41, 5.74) is 6.56. The molecule has 116 valence electrons. The molecule has 1 aromatic heterocycles. The van der Waals surface area contributed by atoms with E-state index >= 15 is 0 Å². The fourth-order valence-corrected chi connectivity index (χ4v) is 3.88. The van der Waals surface area contributed by atoms with E-state index in [1.54, 1.807) is 18.7 Å². The van der Waals surface area contributed by atoms with Gasteiger partial charge in [-0.3, -0.25) is 4.68 Å². The standard InChI is InChI=1S/C12H22N4O2S.ClH/c1-9-12(8-14-16(9)2)19(17,18)15-7-10-4-3-5-11(13)6-10;/h8,10-11,15H,3-7,13H2,1-2H3;1H. The first kappa shape index (κ1) is 17.4. The van der Waals surface area contributed by atoms with E-state index in [1.807, 2.05) is 0 Å². The molecule has 3 N–H and O–H groups in total. The number of nitrogens with two attached hydrogens (primary N) is 1. The Hall–Kier alpha value is -0.630. The summed E-state index contributed by atoms with van der Waals surface area (Å²) in [5.74, 6) is 0.343. The van der Waals surface area contributed by atoms with Gasteiger partial charge in [-0.25, -0.2) is 13.1 Å². The molecule has 2 unspecified atom stereocenters. The Balaban J connectivity index is 0.00000200. The van der Waals surface area contributed by atoms with Gasteiger partial charge in [0.25, 0.3) is 0 Å². The Bertz CT molecular complexity index is 544. The molecule has 1 aliphatic rings. The second kappa shape index (κ2) is 6.89. The van der Waals surface area contributed by atoms with Crippen molar-refractivity contribution >= 4 is 22.4 Å². The molecule has 0 amide bonds. The van der Waals surface area contributed by atoms with Gasteiger partial charge in [0, 0.05) is 19.6 Å². The fourth-order valence-electron chi connectivity index (χ4n) is 2.57. The molecule has 1 aromatic rings. The van der Waals surface area contributed by atoms with Gasteiger partial charge in [-0.1, -0.05) is 6.42 Å². The van der Waals surface area contributed by atoms with Crippen LogP contribution in [0.3, 0.4) is 0 Å². The third-order valence-corrected chi connectivity index (χ3v) is 5.39. The van der Waals surface area contributed by atoms with Gasteiger partial charge in [-0.05, 0) is 32.1 Å². The SMILES string of the molecule is Cc1c(S(=O)(=O)NCC2CCCC(N)C2)cnn1C.Cl. The van der Waals surface area contributed by atoms with E-state index in [0.29, 0.717) is 18.2 Å². The molecule has 8 heteroatoms. The zero-order valence-electron chi connectivity index (χ0n) is 11.9. The Morgan fingerprint density at radius 2 is 2.20 bits per heavy atom. The van der Waals surface area contributed by atoms with Crippen LogP contribution in [-0.4, -0.2) is 30.8 Å². The van der Waals surface area contributed by atoms with Crippen LogP contribution in [0.25, 0.3) is 0 Å². The Morgan fingerprint density at radius 1 is 1.50 bits per heavy atom. The first-order chi connectivity index (χ1) is 8.90. The second-order valence-corrected chi connectivity index (χ2v) is 7.10. The maximum absolute atomic E-state index is 12.2. The van der Waals surface area contributed by atoms with Crippen LogP contribution in [0.2, 0.25) is 0 Å². The van der Waals surface area contributed by atoms with Crippen LogP contribution in [-0.2, 0) is 17.1 Å². The van der Waals surface area contributed by atoms with Gasteiger partial charge in [0.15, 0.2) is 0 Å². The highest BCUT2D eigenvalue weighted by Crippen LogP contribution is 2.23. The molecule has 1 saturated carbocycles. The summed E-state index contributed by atoms with van der Waals surface area (Å²) in [7, 11) is -1.73. The molecular formula is C12H23ClN4O2S. The lowest BCUT2D eigenvalue weighted by Crippen LogP contribution is -2.35. The van der Waals surface area contributed by atoms with Gasteiger partial charge < -0.3 is 5.73 Å². The van der Waals surface area contributed by atoms with Crippen molar-refractivity contribution in [1.29, 1.82) is 0 Å². The third kappa shape index (κ3) is 3.94. The largest absolute Gasteiger partial charge is 0.328 e. The number of nitrogens with one attached hydrogen (secondary N) is 1. The Morgan fingerprint density at radius 3 is 2.75 bits per heavy atom. The smallest absolute Gasteiger partial charge is 0.243 e. The second-order valence-electron chi connectivity index (χ2n) is 5.36. The number of hydrogen-bond donors (Lipinski definition) is 2. The first-order valence-electron chi connectivity index (χ1n) is 6.64. The number of aryl methyl sites for hydroxylation is 1. The molecule has 2 rings (SSSR count). The Kier molecular flexibility index (Phi) is 6.00. The highest BCUT2D eigenvalue weighted by molar-refractivity contribution is 7.89. The van der Waals surface area contributed by atoms with Crippen molar-refractivity contribution in [1.82, 2.24) is 14.5 Å². The van der Waals surface area contributed by atoms with Crippen molar-refractivity contribution in [3.63, 3.8) is 0 Å². The monoisotopic (exact) mass is 322 g/mol. The fraction of sp³-hybridized carbons (Fsp3) is 0.750. The van der Waals surface area contributed by atoms with Crippen LogP contribution in [0.4, 0.5) is 0 Å².